The third kappa shape index (κ3) is 5.39. The summed E-state index contributed by atoms with van der Waals surface area (Å²) in [5, 5.41) is 15.2. The van der Waals surface area contributed by atoms with Gasteiger partial charge in [0, 0.05) is 30.4 Å². The van der Waals surface area contributed by atoms with Gasteiger partial charge in [0.25, 0.3) is 5.91 Å². The minimum Gasteiger partial charge on any atom is -0.461 e. The highest BCUT2D eigenvalue weighted by Gasteiger charge is 2.25. The van der Waals surface area contributed by atoms with Crippen molar-refractivity contribution in [1.82, 2.24) is 48.9 Å². The molecule has 1 N–H and O–H groups in total. The lowest BCUT2D eigenvalue weighted by atomic mass is 10.1. The number of ether oxygens (including phenoxy) is 1. The second-order valence-electron chi connectivity index (χ2n) is 10.6. The molecule has 7 rings (SSSR count). The smallest absolute Gasteiger partial charge is 0.358 e. The number of nitrogens with one attached hydrogen (secondary N) is 1. The predicted molar refractivity (Wildman–Crippen MR) is 155 cm³/mol. The summed E-state index contributed by atoms with van der Waals surface area (Å²) in [5.41, 5.74) is 4.56. The number of halogens is 2. The van der Waals surface area contributed by atoms with Crippen LogP contribution in [-0.2, 0) is 24.4 Å². The number of amides is 1. The molecular formula is C29H26ClFN10O3. The summed E-state index contributed by atoms with van der Waals surface area (Å²) in [6.07, 6.45) is 12.6. The van der Waals surface area contributed by atoms with E-state index in [0.29, 0.717) is 18.2 Å². The van der Waals surface area contributed by atoms with E-state index in [9.17, 15) is 14.0 Å². The Labute approximate surface area is 254 Å². The van der Waals surface area contributed by atoms with Crippen LogP contribution in [0, 0.1) is 5.82 Å². The number of fused-ring (bicyclic) bond motifs is 2. The average molecular weight is 617 g/mol. The molecule has 0 saturated heterocycles. The Bertz CT molecular complexity index is 2040. The van der Waals surface area contributed by atoms with Gasteiger partial charge in [0.2, 0.25) is 0 Å². The van der Waals surface area contributed by atoms with E-state index in [1.165, 1.54) is 33.2 Å². The summed E-state index contributed by atoms with van der Waals surface area (Å²) in [6.45, 7) is 2.73. The molecule has 1 fully saturated rings. The van der Waals surface area contributed by atoms with Gasteiger partial charge in [-0.15, -0.1) is 5.10 Å². The highest BCUT2D eigenvalue weighted by Crippen LogP contribution is 2.40. The molecule has 13 nitrogen and oxygen atoms in total. The van der Waals surface area contributed by atoms with Crippen LogP contribution in [0.2, 0.25) is 5.02 Å². The Kier molecular flexibility index (Phi) is 7.04. The van der Waals surface area contributed by atoms with Gasteiger partial charge in [0.15, 0.2) is 17.2 Å². The standard InChI is InChI=1S/C29H26ClFN10O3/c1-2-44-29(43)22-6-8-40(36-22)12-19-9-18(17-3-4-17)11-39-13-20(34-27(19)39)14-41-15-24(35-37-41)28(42)32-10-23-26-25(31)21(30)5-7-38(26)16-33-23/h5-9,11,13,15-17H,2-4,10,12,14H2,1H3,(H,32,42). The molecule has 0 spiro atoms. The number of carbonyl (C=O) groups excluding carboxylic acids is 2. The van der Waals surface area contributed by atoms with E-state index in [2.05, 4.69) is 38.0 Å². The molecule has 0 unspecified atom stereocenters. The van der Waals surface area contributed by atoms with Crippen molar-refractivity contribution < 1.29 is 18.7 Å². The molecule has 0 atom stereocenters. The molecule has 6 aromatic heterocycles. The van der Waals surface area contributed by atoms with E-state index < -0.39 is 17.7 Å². The molecule has 1 aliphatic rings. The Morgan fingerprint density at radius 2 is 1.95 bits per heavy atom. The van der Waals surface area contributed by atoms with E-state index in [1.807, 2.05) is 10.6 Å². The highest BCUT2D eigenvalue weighted by atomic mass is 35.5. The lowest BCUT2D eigenvalue weighted by Gasteiger charge is -2.08. The summed E-state index contributed by atoms with van der Waals surface area (Å²) in [4.78, 5) is 33.9. The van der Waals surface area contributed by atoms with Crippen LogP contribution in [0.4, 0.5) is 4.39 Å². The van der Waals surface area contributed by atoms with Gasteiger partial charge in [0.05, 0.1) is 55.2 Å². The number of rotatable bonds is 10. The van der Waals surface area contributed by atoms with Crippen LogP contribution in [0.1, 0.15) is 69.2 Å². The maximum Gasteiger partial charge on any atom is 0.358 e. The Hall–Kier alpha value is -5.11. The molecule has 0 aliphatic heterocycles. The summed E-state index contributed by atoms with van der Waals surface area (Å²) >= 11 is 5.91. The van der Waals surface area contributed by atoms with Crippen molar-refractivity contribution >= 4 is 34.6 Å². The van der Waals surface area contributed by atoms with E-state index in [0.717, 1.165) is 29.7 Å². The number of nitrogens with zero attached hydrogens (tertiary/aromatic N) is 9. The number of hydrogen-bond donors (Lipinski definition) is 1. The minimum atomic E-state index is -0.604. The topological polar surface area (TPSA) is 139 Å². The Morgan fingerprint density at radius 1 is 1.09 bits per heavy atom. The van der Waals surface area contributed by atoms with Crippen molar-refractivity contribution in [3.8, 4) is 0 Å². The van der Waals surface area contributed by atoms with Gasteiger partial charge in [-0.2, -0.15) is 5.10 Å². The molecule has 1 aliphatic carbocycles. The Morgan fingerprint density at radius 3 is 2.77 bits per heavy atom. The maximum atomic E-state index is 14.5. The van der Waals surface area contributed by atoms with Crippen LogP contribution >= 0.6 is 11.6 Å². The molecular weight excluding hydrogens is 591 g/mol. The molecule has 1 saturated carbocycles. The van der Waals surface area contributed by atoms with Gasteiger partial charge >= 0.3 is 5.97 Å². The van der Waals surface area contributed by atoms with Crippen molar-refractivity contribution in [1.29, 1.82) is 0 Å². The van der Waals surface area contributed by atoms with Crippen LogP contribution in [-0.4, -0.2) is 62.0 Å². The van der Waals surface area contributed by atoms with E-state index >= 15 is 0 Å². The zero-order valence-corrected chi connectivity index (χ0v) is 24.3. The van der Waals surface area contributed by atoms with Crippen molar-refractivity contribution in [3.05, 3.63) is 100 Å². The van der Waals surface area contributed by atoms with E-state index in [1.54, 1.807) is 30.1 Å². The van der Waals surface area contributed by atoms with Crippen molar-refractivity contribution in [2.24, 2.45) is 0 Å². The molecule has 1 amide bonds. The molecule has 44 heavy (non-hydrogen) atoms. The SMILES string of the molecule is CCOC(=O)c1ccn(Cc2cc(C3CC3)cn3cc(Cn4cc(C(=O)NCc5ncn6ccc(Cl)c(F)c56)nn4)nc23)n1. The predicted octanol–water partition coefficient (Wildman–Crippen LogP) is 3.64. The number of carbonyl (C=O) groups is 2. The largest absolute Gasteiger partial charge is 0.461 e. The van der Waals surface area contributed by atoms with Crippen LogP contribution in [0.15, 0.2) is 55.5 Å². The van der Waals surface area contributed by atoms with Crippen molar-refractivity contribution in [2.45, 2.75) is 45.3 Å². The summed E-state index contributed by atoms with van der Waals surface area (Å²) in [5.74, 6) is -1.02. The fourth-order valence-electron chi connectivity index (χ4n) is 5.13. The van der Waals surface area contributed by atoms with Gasteiger partial charge in [0.1, 0.15) is 11.2 Å². The maximum absolute atomic E-state index is 14.5. The first kappa shape index (κ1) is 27.7. The van der Waals surface area contributed by atoms with Crippen LogP contribution in [0.25, 0.3) is 11.2 Å². The number of pyridine rings is 2. The average Bonchev–Trinajstić information content (AvgIpc) is 3.36. The molecule has 6 heterocycles. The first-order valence-electron chi connectivity index (χ1n) is 14.0. The van der Waals surface area contributed by atoms with Crippen LogP contribution < -0.4 is 5.32 Å². The van der Waals surface area contributed by atoms with E-state index in [-0.39, 0.29) is 41.6 Å². The first-order valence-corrected chi connectivity index (χ1v) is 14.4. The molecule has 0 radical (unpaired) electrons. The lowest BCUT2D eigenvalue weighted by molar-refractivity contribution is 0.0518. The van der Waals surface area contributed by atoms with Crippen LogP contribution in [0.3, 0.4) is 0 Å². The third-order valence-electron chi connectivity index (χ3n) is 7.39. The second kappa shape index (κ2) is 11.2. The monoisotopic (exact) mass is 616 g/mol. The quantitative estimate of drug-likeness (QED) is 0.230. The summed E-state index contributed by atoms with van der Waals surface area (Å²) in [7, 11) is 0. The lowest BCUT2D eigenvalue weighted by Crippen LogP contribution is -2.23. The highest BCUT2D eigenvalue weighted by molar-refractivity contribution is 6.31. The first-order chi connectivity index (χ1) is 21.4. The Balaban J connectivity index is 1.07. The van der Waals surface area contributed by atoms with Gasteiger partial charge < -0.3 is 18.9 Å². The normalized spacial score (nSPS) is 13.2. The zero-order chi connectivity index (χ0) is 30.4. The van der Waals surface area contributed by atoms with Gasteiger partial charge in [-0.25, -0.2) is 23.8 Å². The summed E-state index contributed by atoms with van der Waals surface area (Å²) in [6, 6.07) is 5.22. The second-order valence-corrected chi connectivity index (χ2v) is 11.0. The number of hydrogen-bond acceptors (Lipinski definition) is 8. The number of aromatic nitrogens is 9. The zero-order valence-electron chi connectivity index (χ0n) is 23.5. The van der Waals surface area contributed by atoms with Gasteiger partial charge in [-0.05, 0) is 49.4 Å². The van der Waals surface area contributed by atoms with E-state index in [4.69, 9.17) is 21.3 Å². The molecule has 6 aromatic rings. The fourth-order valence-corrected chi connectivity index (χ4v) is 5.27. The molecule has 15 heteroatoms. The van der Waals surface area contributed by atoms with Gasteiger partial charge in [-0.3, -0.25) is 9.48 Å². The molecule has 0 bridgehead atoms. The third-order valence-corrected chi connectivity index (χ3v) is 7.68. The fraction of sp³-hybridized carbons (Fsp3) is 0.276. The molecule has 0 aromatic carbocycles. The van der Waals surface area contributed by atoms with Crippen molar-refractivity contribution in [2.75, 3.05) is 6.61 Å². The van der Waals surface area contributed by atoms with Gasteiger partial charge in [-0.1, -0.05) is 16.8 Å². The number of imidazole rings is 2. The van der Waals surface area contributed by atoms with Crippen molar-refractivity contribution in [3.63, 3.8) is 0 Å². The van der Waals surface area contributed by atoms with Crippen LogP contribution in [0.5, 0.6) is 0 Å². The summed E-state index contributed by atoms with van der Waals surface area (Å²) < 4.78 is 26.3. The molecule has 224 valence electrons. The minimum absolute atomic E-state index is 0.0183. The number of esters is 1.